The van der Waals surface area contributed by atoms with E-state index >= 15 is 0 Å². The minimum absolute atomic E-state index is 0.00840. The minimum Gasteiger partial charge on any atom is -0.444 e. The van der Waals surface area contributed by atoms with Crippen molar-refractivity contribution >= 4 is 44.5 Å². The number of hydrogen-bond acceptors (Lipinski definition) is 6. The number of aliphatic imine (C=N–C) groups is 1. The second-order valence-corrected chi connectivity index (χ2v) is 14.0. The summed E-state index contributed by atoms with van der Waals surface area (Å²) in [6.45, 7) is 9.22. The molecule has 0 saturated carbocycles. The molecule has 2 aromatic rings. The quantitative estimate of drug-likeness (QED) is 0.607. The van der Waals surface area contributed by atoms with Gasteiger partial charge >= 0.3 is 6.09 Å². The number of sulfone groups is 1. The Morgan fingerprint density at radius 1 is 1.11 bits per heavy atom. The van der Waals surface area contributed by atoms with Gasteiger partial charge in [-0.15, -0.1) is 0 Å². The third-order valence-electron chi connectivity index (χ3n) is 6.03. The van der Waals surface area contributed by atoms with Gasteiger partial charge in [-0.3, -0.25) is 4.79 Å². The highest BCUT2D eigenvalue weighted by Crippen LogP contribution is 2.41. The van der Waals surface area contributed by atoms with Crippen LogP contribution in [0.15, 0.2) is 53.5 Å². The molecule has 0 aromatic heterocycles. The molecule has 0 bridgehead atoms. The Bertz CT molecular complexity index is 1300. The van der Waals surface area contributed by atoms with Crippen molar-refractivity contribution in [3.63, 3.8) is 0 Å². The molecule has 2 heterocycles. The van der Waals surface area contributed by atoms with E-state index in [2.05, 4.69) is 10.3 Å². The molecule has 2 amide bonds. The summed E-state index contributed by atoms with van der Waals surface area (Å²) in [6, 6.07) is 14.1. The lowest BCUT2D eigenvalue weighted by atomic mass is 10.1. The first kappa shape index (κ1) is 27.2. The standard InChI is InChI=1S/C27H33N3O5S2/c1-17-11-18(2)13-20(12-17)30-22-15-37(33,34)16-23(22)36-25(30)29-24(31)21(14-19-9-7-6-8-10-19)28-26(32)35-27(3,4)5/h6-13,21-23H,14-16H2,1-5H3,(H,28,32)/t21-,22+,23+/m1/s1. The van der Waals surface area contributed by atoms with Crippen molar-refractivity contribution in [3.05, 3.63) is 65.2 Å². The van der Waals surface area contributed by atoms with Gasteiger partial charge in [-0.25, -0.2) is 13.2 Å². The molecule has 0 unspecified atom stereocenters. The predicted octanol–water partition coefficient (Wildman–Crippen LogP) is 4.04. The van der Waals surface area contributed by atoms with Gasteiger partial charge in [0.1, 0.15) is 11.6 Å². The van der Waals surface area contributed by atoms with Crippen molar-refractivity contribution in [3.8, 4) is 0 Å². The zero-order valence-electron chi connectivity index (χ0n) is 21.7. The van der Waals surface area contributed by atoms with Gasteiger partial charge in [-0.05, 0) is 63.4 Å². The molecule has 37 heavy (non-hydrogen) atoms. The van der Waals surface area contributed by atoms with Gasteiger partial charge in [0.15, 0.2) is 15.0 Å². The van der Waals surface area contributed by atoms with Crippen LogP contribution in [0.1, 0.15) is 37.5 Å². The molecule has 3 atom stereocenters. The Kier molecular flexibility index (Phi) is 7.71. The van der Waals surface area contributed by atoms with Gasteiger partial charge in [-0.1, -0.05) is 48.2 Å². The van der Waals surface area contributed by atoms with Crippen LogP contribution in [0.5, 0.6) is 0 Å². The van der Waals surface area contributed by atoms with Crippen molar-refractivity contribution in [2.45, 2.75) is 64.0 Å². The SMILES string of the molecule is Cc1cc(C)cc(N2C(=NC(=O)[C@@H](Cc3ccccc3)NC(=O)OC(C)(C)C)S[C@H]3CS(=O)(=O)C[C@@H]32)c1. The average molecular weight is 544 g/mol. The Morgan fingerprint density at radius 3 is 2.38 bits per heavy atom. The second-order valence-electron chi connectivity index (χ2n) is 10.6. The summed E-state index contributed by atoms with van der Waals surface area (Å²) < 4.78 is 30.2. The number of alkyl carbamates (subject to hydrolysis) is 1. The third kappa shape index (κ3) is 6.93. The lowest BCUT2D eigenvalue weighted by Crippen LogP contribution is -2.45. The van der Waals surface area contributed by atoms with Gasteiger partial charge in [-0.2, -0.15) is 4.99 Å². The molecule has 2 saturated heterocycles. The van der Waals surface area contributed by atoms with Crippen molar-refractivity contribution in [2.75, 3.05) is 16.4 Å². The van der Waals surface area contributed by atoms with Gasteiger partial charge < -0.3 is 15.0 Å². The lowest BCUT2D eigenvalue weighted by Gasteiger charge is -2.26. The van der Waals surface area contributed by atoms with E-state index in [0.29, 0.717) is 5.17 Å². The Morgan fingerprint density at radius 2 is 1.76 bits per heavy atom. The Hall–Kier alpha value is -2.85. The summed E-state index contributed by atoms with van der Waals surface area (Å²) in [5.74, 6) is -0.469. The predicted molar refractivity (Wildman–Crippen MR) is 148 cm³/mol. The van der Waals surface area contributed by atoms with E-state index in [9.17, 15) is 18.0 Å². The molecule has 2 fully saturated rings. The molecule has 0 spiro atoms. The highest BCUT2D eigenvalue weighted by molar-refractivity contribution is 8.16. The highest BCUT2D eigenvalue weighted by atomic mass is 32.2. The Balaban J connectivity index is 1.67. The van der Waals surface area contributed by atoms with Crippen molar-refractivity contribution in [2.24, 2.45) is 4.99 Å². The van der Waals surface area contributed by atoms with Crippen molar-refractivity contribution < 1.29 is 22.7 Å². The summed E-state index contributed by atoms with van der Waals surface area (Å²) in [5.41, 5.74) is 3.01. The fourth-order valence-electron chi connectivity index (χ4n) is 4.63. The van der Waals surface area contributed by atoms with Crippen LogP contribution in [-0.2, 0) is 25.8 Å². The number of nitrogens with one attached hydrogen (secondary N) is 1. The number of rotatable bonds is 5. The first-order chi connectivity index (χ1) is 17.3. The maximum absolute atomic E-state index is 13.5. The average Bonchev–Trinajstić information content (AvgIpc) is 3.22. The Labute approximate surface area is 222 Å². The molecule has 2 aromatic carbocycles. The van der Waals surface area contributed by atoms with E-state index in [4.69, 9.17) is 4.74 Å². The van der Waals surface area contributed by atoms with E-state index < -0.39 is 33.5 Å². The zero-order valence-corrected chi connectivity index (χ0v) is 23.4. The molecular formula is C27H33N3O5S2. The van der Waals surface area contributed by atoms with Crippen LogP contribution in [-0.4, -0.2) is 60.0 Å². The number of benzene rings is 2. The lowest BCUT2D eigenvalue weighted by molar-refractivity contribution is -0.119. The number of aryl methyl sites for hydroxylation is 2. The largest absolute Gasteiger partial charge is 0.444 e. The number of anilines is 1. The molecule has 2 aliphatic heterocycles. The first-order valence-corrected chi connectivity index (χ1v) is 14.9. The molecule has 0 radical (unpaired) electrons. The van der Waals surface area contributed by atoms with Crippen LogP contribution >= 0.6 is 11.8 Å². The van der Waals surface area contributed by atoms with E-state index in [1.807, 2.05) is 67.3 Å². The number of carbonyl (C=O) groups excluding carboxylic acids is 2. The summed E-state index contributed by atoms with van der Waals surface area (Å²) in [6.07, 6.45) is -0.458. The summed E-state index contributed by atoms with van der Waals surface area (Å²) in [4.78, 5) is 32.5. The topological polar surface area (TPSA) is 105 Å². The summed E-state index contributed by atoms with van der Waals surface area (Å²) >= 11 is 1.31. The molecule has 198 valence electrons. The zero-order chi connectivity index (χ0) is 27.0. The van der Waals surface area contributed by atoms with Gasteiger partial charge in [0.05, 0.1) is 17.5 Å². The third-order valence-corrected chi connectivity index (χ3v) is 9.24. The number of nitrogens with zero attached hydrogens (tertiary/aromatic N) is 2. The van der Waals surface area contributed by atoms with Gasteiger partial charge in [0.2, 0.25) is 0 Å². The van der Waals surface area contributed by atoms with E-state index in [-0.39, 0.29) is 29.2 Å². The molecule has 8 nitrogen and oxygen atoms in total. The number of thioether (sulfide) groups is 1. The fraction of sp³-hybridized carbons (Fsp3) is 0.444. The van der Waals surface area contributed by atoms with Gasteiger partial charge in [0, 0.05) is 17.4 Å². The van der Waals surface area contributed by atoms with Crippen LogP contribution in [0, 0.1) is 13.8 Å². The van der Waals surface area contributed by atoms with Crippen LogP contribution in [0.4, 0.5) is 10.5 Å². The summed E-state index contributed by atoms with van der Waals surface area (Å²) in [5, 5.41) is 2.92. The van der Waals surface area contributed by atoms with Crippen LogP contribution in [0.25, 0.3) is 0 Å². The molecule has 1 N–H and O–H groups in total. The number of fused-ring (bicyclic) bond motifs is 1. The smallest absolute Gasteiger partial charge is 0.408 e. The first-order valence-electron chi connectivity index (χ1n) is 12.2. The van der Waals surface area contributed by atoms with Crippen LogP contribution in [0.2, 0.25) is 0 Å². The maximum Gasteiger partial charge on any atom is 0.408 e. The van der Waals surface area contributed by atoms with E-state index in [0.717, 1.165) is 22.4 Å². The molecule has 2 aliphatic rings. The van der Waals surface area contributed by atoms with Gasteiger partial charge in [0.25, 0.3) is 5.91 Å². The number of ether oxygens (including phenoxy) is 1. The van der Waals surface area contributed by atoms with E-state index in [1.165, 1.54) is 11.8 Å². The van der Waals surface area contributed by atoms with Crippen LogP contribution in [0.3, 0.4) is 0 Å². The maximum atomic E-state index is 13.5. The minimum atomic E-state index is -3.18. The molecule has 10 heteroatoms. The molecule has 0 aliphatic carbocycles. The summed E-state index contributed by atoms with van der Waals surface area (Å²) in [7, 11) is -3.18. The van der Waals surface area contributed by atoms with Crippen molar-refractivity contribution in [1.29, 1.82) is 0 Å². The highest BCUT2D eigenvalue weighted by Gasteiger charge is 2.49. The number of amides is 2. The van der Waals surface area contributed by atoms with Crippen molar-refractivity contribution in [1.82, 2.24) is 5.32 Å². The normalized spacial score (nSPS) is 22.5. The molecule has 4 rings (SSSR count). The fourth-order valence-corrected chi connectivity index (χ4v) is 8.55. The van der Waals surface area contributed by atoms with Crippen LogP contribution < -0.4 is 10.2 Å². The van der Waals surface area contributed by atoms with E-state index in [1.54, 1.807) is 20.8 Å². The number of amidine groups is 1. The second kappa shape index (κ2) is 10.5. The number of hydrogen-bond donors (Lipinski definition) is 1. The molecular weight excluding hydrogens is 510 g/mol. The monoisotopic (exact) mass is 543 g/mol. The number of carbonyl (C=O) groups is 2.